The minimum Gasteiger partial charge on any atom is -0.376 e. The van der Waals surface area contributed by atoms with Gasteiger partial charge in [-0.1, -0.05) is 20.8 Å². The van der Waals surface area contributed by atoms with Crippen LogP contribution in [0.4, 0.5) is 0 Å². The van der Waals surface area contributed by atoms with E-state index in [0.29, 0.717) is 18.8 Å². The number of ether oxygens (including phenoxy) is 1. The maximum Gasteiger partial charge on any atom is 0.138 e. The summed E-state index contributed by atoms with van der Waals surface area (Å²) in [6, 6.07) is 0. The molecule has 0 atom stereocenters. The Morgan fingerprint density at radius 3 is 1.94 bits per heavy atom. The molecule has 0 amide bonds. The smallest absolute Gasteiger partial charge is 0.138 e. The van der Waals surface area contributed by atoms with Gasteiger partial charge in [-0.05, 0) is 40.0 Å². The van der Waals surface area contributed by atoms with E-state index in [1.54, 1.807) is 0 Å². The van der Waals surface area contributed by atoms with E-state index < -0.39 is 0 Å². The van der Waals surface area contributed by atoms with E-state index in [-0.39, 0.29) is 11.0 Å². The summed E-state index contributed by atoms with van der Waals surface area (Å²) in [5, 5.41) is 0. The molecule has 96 valence electrons. The van der Waals surface area contributed by atoms with Crippen LogP contribution in [0.5, 0.6) is 0 Å². The first kappa shape index (κ1) is 15.6. The van der Waals surface area contributed by atoms with Crippen molar-refractivity contribution in [3.63, 3.8) is 0 Å². The third-order valence-electron chi connectivity index (χ3n) is 3.32. The zero-order valence-corrected chi connectivity index (χ0v) is 11.9. The lowest BCUT2D eigenvalue weighted by Gasteiger charge is -2.25. The van der Waals surface area contributed by atoms with Gasteiger partial charge in [0.2, 0.25) is 0 Å². The lowest BCUT2D eigenvalue weighted by atomic mass is 9.79. The van der Waals surface area contributed by atoms with Crippen LogP contribution in [0.15, 0.2) is 0 Å². The van der Waals surface area contributed by atoms with Crippen molar-refractivity contribution < 1.29 is 9.53 Å². The molecule has 0 rings (SSSR count). The van der Waals surface area contributed by atoms with Crippen LogP contribution in [0.25, 0.3) is 0 Å². The molecule has 0 aliphatic heterocycles. The monoisotopic (exact) mass is 228 g/mol. The standard InChI is InChI=1S/C14H28O2/c1-7-14(6,8-2)12(15)10-9-11-16-13(3,4)5/h7-11H2,1-6H3. The minimum absolute atomic E-state index is 0.0954. The SMILES string of the molecule is CCC(C)(CC)C(=O)CCCOC(C)(C)C. The van der Waals surface area contributed by atoms with Gasteiger partial charge in [0.25, 0.3) is 0 Å². The van der Waals surface area contributed by atoms with E-state index in [4.69, 9.17) is 4.74 Å². The Morgan fingerprint density at radius 1 is 1.06 bits per heavy atom. The Bertz CT molecular complexity index is 209. The molecule has 0 aromatic rings. The molecule has 0 N–H and O–H groups in total. The van der Waals surface area contributed by atoms with Crippen LogP contribution in [0.1, 0.15) is 67.2 Å². The fourth-order valence-electron chi connectivity index (χ4n) is 1.56. The second kappa shape index (κ2) is 6.39. The summed E-state index contributed by atoms with van der Waals surface area (Å²) in [6.07, 6.45) is 3.35. The van der Waals surface area contributed by atoms with E-state index in [0.717, 1.165) is 19.3 Å². The summed E-state index contributed by atoms with van der Waals surface area (Å²) in [5.41, 5.74) is -0.219. The number of ketones is 1. The Hall–Kier alpha value is -0.370. The molecule has 16 heavy (non-hydrogen) atoms. The molecule has 0 spiro atoms. The predicted octanol–water partition coefficient (Wildman–Crippen LogP) is 3.98. The van der Waals surface area contributed by atoms with Crippen molar-refractivity contribution in [2.45, 2.75) is 72.8 Å². The quantitative estimate of drug-likeness (QED) is 0.616. The van der Waals surface area contributed by atoms with E-state index >= 15 is 0 Å². The third kappa shape index (κ3) is 5.64. The summed E-state index contributed by atoms with van der Waals surface area (Å²) in [6.45, 7) is 13.0. The first-order valence-corrected chi connectivity index (χ1v) is 6.42. The van der Waals surface area contributed by atoms with Gasteiger partial charge in [0, 0.05) is 18.4 Å². The maximum atomic E-state index is 12.0. The summed E-state index contributed by atoms with van der Waals surface area (Å²) >= 11 is 0. The fraction of sp³-hybridized carbons (Fsp3) is 0.929. The van der Waals surface area contributed by atoms with Gasteiger partial charge in [-0.15, -0.1) is 0 Å². The first-order valence-electron chi connectivity index (χ1n) is 6.42. The van der Waals surface area contributed by atoms with Crippen molar-refractivity contribution in [3.05, 3.63) is 0 Å². The van der Waals surface area contributed by atoms with Gasteiger partial charge in [0.05, 0.1) is 5.60 Å². The molecule has 0 aliphatic rings. The number of rotatable bonds is 7. The van der Waals surface area contributed by atoms with Crippen LogP contribution in [-0.2, 0) is 9.53 Å². The fourth-order valence-corrected chi connectivity index (χ4v) is 1.56. The molecule has 0 heterocycles. The second-order valence-corrected chi connectivity index (χ2v) is 5.76. The largest absolute Gasteiger partial charge is 0.376 e. The van der Waals surface area contributed by atoms with Crippen LogP contribution in [0, 0.1) is 5.41 Å². The van der Waals surface area contributed by atoms with Crippen molar-refractivity contribution in [2.24, 2.45) is 5.41 Å². The molecule has 0 aromatic carbocycles. The Labute approximate surface area is 101 Å². The number of Topliss-reactive ketones (excluding diaryl/α,β-unsaturated/α-hetero) is 1. The Kier molecular flexibility index (Phi) is 6.24. The lowest BCUT2D eigenvalue weighted by molar-refractivity contribution is -0.129. The molecule has 0 saturated heterocycles. The molecule has 0 unspecified atom stereocenters. The number of carbonyl (C=O) groups is 1. The molecule has 0 saturated carbocycles. The molecule has 0 radical (unpaired) electrons. The molecule has 0 fully saturated rings. The zero-order valence-electron chi connectivity index (χ0n) is 11.9. The van der Waals surface area contributed by atoms with Crippen LogP contribution in [0.3, 0.4) is 0 Å². The highest BCUT2D eigenvalue weighted by molar-refractivity contribution is 5.84. The highest BCUT2D eigenvalue weighted by Gasteiger charge is 2.28. The second-order valence-electron chi connectivity index (χ2n) is 5.76. The van der Waals surface area contributed by atoms with Crippen LogP contribution >= 0.6 is 0 Å². The van der Waals surface area contributed by atoms with E-state index in [1.165, 1.54) is 0 Å². The van der Waals surface area contributed by atoms with Crippen LogP contribution < -0.4 is 0 Å². The third-order valence-corrected chi connectivity index (χ3v) is 3.32. The van der Waals surface area contributed by atoms with Gasteiger partial charge in [0.15, 0.2) is 0 Å². The molecule has 0 aromatic heterocycles. The van der Waals surface area contributed by atoms with E-state index in [9.17, 15) is 4.79 Å². The number of carbonyl (C=O) groups excluding carboxylic acids is 1. The first-order chi connectivity index (χ1) is 7.25. The summed E-state index contributed by atoms with van der Waals surface area (Å²) in [4.78, 5) is 12.0. The molecular weight excluding hydrogens is 200 g/mol. The highest BCUT2D eigenvalue weighted by atomic mass is 16.5. The van der Waals surface area contributed by atoms with Crippen molar-refractivity contribution in [2.75, 3.05) is 6.61 Å². The normalized spacial score (nSPS) is 12.9. The van der Waals surface area contributed by atoms with Gasteiger partial charge in [-0.3, -0.25) is 4.79 Å². The van der Waals surface area contributed by atoms with Crippen LogP contribution in [-0.4, -0.2) is 18.0 Å². The van der Waals surface area contributed by atoms with Crippen molar-refractivity contribution in [3.8, 4) is 0 Å². The average Bonchev–Trinajstić information content (AvgIpc) is 2.21. The van der Waals surface area contributed by atoms with Crippen molar-refractivity contribution >= 4 is 5.78 Å². The molecular formula is C14H28O2. The molecule has 0 aliphatic carbocycles. The summed E-state index contributed by atoms with van der Waals surface area (Å²) < 4.78 is 5.61. The zero-order chi connectivity index (χ0) is 12.8. The number of hydrogen-bond donors (Lipinski definition) is 0. The van der Waals surface area contributed by atoms with Crippen molar-refractivity contribution in [1.29, 1.82) is 0 Å². The van der Waals surface area contributed by atoms with Gasteiger partial charge >= 0.3 is 0 Å². The Morgan fingerprint density at radius 2 is 1.56 bits per heavy atom. The summed E-state index contributed by atoms with van der Waals surface area (Å²) in [5.74, 6) is 0.384. The van der Waals surface area contributed by atoms with E-state index in [1.807, 2.05) is 20.8 Å². The van der Waals surface area contributed by atoms with Gasteiger partial charge in [-0.2, -0.15) is 0 Å². The highest BCUT2D eigenvalue weighted by Crippen LogP contribution is 2.28. The molecule has 2 nitrogen and oxygen atoms in total. The van der Waals surface area contributed by atoms with Crippen LogP contribution in [0.2, 0.25) is 0 Å². The molecule has 0 bridgehead atoms. The minimum atomic E-state index is -0.123. The lowest BCUT2D eigenvalue weighted by Crippen LogP contribution is -2.27. The average molecular weight is 228 g/mol. The Balaban J connectivity index is 3.90. The predicted molar refractivity (Wildman–Crippen MR) is 68.6 cm³/mol. The molecule has 2 heteroatoms. The van der Waals surface area contributed by atoms with E-state index in [2.05, 4.69) is 20.8 Å². The van der Waals surface area contributed by atoms with Gasteiger partial charge in [0.1, 0.15) is 5.78 Å². The maximum absolute atomic E-state index is 12.0. The topological polar surface area (TPSA) is 26.3 Å². The van der Waals surface area contributed by atoms with Gasteiger partial charge in [-0.25, -0.2) is 0 Å². The number of hydrogen-bond acceptors (Lipinski definition) is 2. The summed E-state index contributed by atoms with van der Waals surface area (Å²) in [7, 11) is 0. The van der Waals surface area contributed by atoms with Crippen molar-refractivity contribution in [1.82, 2.24) is 0 Å². The van der Waals surface area contributed by atoms with Gasteiger partial charge < -0.3 is 4.74 Å².